The van der Waals surface area contributed by atoms with E-state index < -0.39 is 4.92 Å². The first-order chi connectivity index (χ1) is 10.0. The van der Waals surface area contributed by atoms with Crippen LogP contribution in [0.15, 0.2) is 18.2 Å². The maximum atomic E-state index is 12.1. The molecule has 1 aliphatic rings. The molecule has 0 spiro atoms. The topological polar surface area (TPSA) is 119 Å². The lowest BCUT2D eigenvalue weighted by atomic mass is 10.1. The molecule has 0 saturated heterocycles. The lowest BCUT2D eigenvalue weighted by Crippen LogP contribution is -2.37. The molecule has 0 aromatic heterocycles. The van der Waals surface area contributed by atoms with Gasteiger partial charge in [0.15, 0.2) is 0 Å². The van der Waals surface area contributed by atoms with E-state index in [1.54, 1.807) is 6.07 Å². The van der Waals surface area contributed by atoms with Crippen LogP contribution in [-0.2, 0) is 16.0 Å². The summed E-state index contributed by atoms with van der Waals surface area (Å²) < 4.78 is 0. The average molecular weight is 292 g/mol. The van der Waals surface area contributed by atoms with Crippen molar-refractivity contribution in [1.82, 2.24) is 5.43 Å². The van der Waals surface area contributed by atoms with E-state index in [0.29, 0.717) is 24.9 Å². The number of amides is 2. The van der Waals surface area contributed by atoms with Gasteiger partial charge in [-0.15, -0.1) is 0 Å². The number of nitro benzene ring substituents is 1. The summed E-state index contributed by atoms with van der Waals surface area (Å²) in [4.78, 5) is 35.2. The summed E-state index contributed by atoms with van der Waals surface area (Å²) in [5, 5.41) is 10.8. The van der Waals surface area contributed by atoms with Crippen LogP contribution in [0.4, 0.5) is 11.4 Å². The number of hydrogen-bond donors (Lipinski definition) is 2. The first-order valence-electron chi connectivity index (χ1n) is 6.60. The van der Waals surface area contributed by atoms with Gasteiger partial charge in [0.25, 0.3) is 5.69 Å². The number of anilines is 1. The van der Waals surface area contributed by atoms with Gasteiger partial charge in [0.1, 0.15) is 0 Å². The van der Waals surface area contributed by atoms with Crippen molar-refractivity contribution in [2.24, 2.45) is 5.84 Å². The number of non-ortho nitro benzene ring substituents is 1. The fourth-order valence-corrected chi connectivity index (χ4v) is 2.38. The summed E-state index contributed by atoms with van der Waals surface area (Å²) in [5.41, 5.74) is 3.40. The Morgan fingerprint density at radius 3 is 2.86 bits per heavy atom. The van der Waals surface area contributed by atoms with Crippen LogP contribution in [0, 0.1) is 10.1 Å². The molecule has 8 nitrogen and oxygen atoms in total. The highest BCUT2D eigenvalue weighted by atomic mass is 16.6. The number of carbonyl (C=O) groups is 2. The third-order valence-corrected chi connectivity index (χ3v) is 3.43. The lowest BCUT2D eigenvalue weighted by Gasteiger charge is -2.22. The molecule has 1 aromatic rings. The zero-order chi connectivity index (χ0) is 15.4. The number of aryl methyl sites for hydroxylation is 1. The number of nitrogens with two attached hydrogens (primary N) is 1. The second kappa shape index (κ2) is 6.31. The maximum absolute atomic E-state index is 12.1. The summed E-state index contributed by atoms with van der Waals surface area (Å²) in [6.07, 6.45) is 1.67. The van der Waals surface area contributed by atoms with Gasteiger partial charge in [-0.2, -0.15) is 0 Å². The number of hydrazine groups is 1. The average Bonchev–Trinajstić information content (AvgIpc) is 2.62. The predicted molar refractivity (Wildman–Crippen MR) is 75.3 cm³/mol. The van der Waals surface area contributed by atoms with E-state index in [1.807, 2.05) is 5.43 Å². The summed E-state index contributed by atoms with van der Waals surface area (Å²) in [6, 6.07) is 4.43. The Morgan fingerprint density at radius 1 is 1.43 bits per heavy atom. The molecule has 0 bridgehead atoms. The Balaban J connectivity index is 2.30. The van der Waals surface area contributed by atoms with Gasteiger partial charge in [-0.3, -0.25) is 25.1 Å². The monoisotopic (exact) mass is 292 g/mol. The third kappa shape index (κ3) is 3.34. The lowest BCUT2D eigenvalue weighted by molar-refractivity contribution is -0.384. The van der Waals surface area contributed by atoms with Gasteiger partial charge in [-0.25, -0.2) is 5.84 Å². The molecule has 0 unspecified atom stereocenters. The smallest absolute Gasteiger partial charge is 0.269 e. The van der Waals surface area contributed by atoms with Crippen LogP contribution in [0.25, 0.3) is 0 Å². The van der Waals surface area contributed by atoms with Crippen LogP contribution < -0.4 is 16.2 Å². The molecule has 0 saturated carbocycles. The van der Waals surface area contributed by atoms with E-state index in [2.05, 4.69) is 0 Å². The Hall–Kier alpha value is -2.48. The van der Waals surface area contributed by atoms with E-state index in [9.17, 15) is 19.7 Å². The van der Waals surface area contributed by atoms with Gasteiger partial charge in [0.2, 0.25) is 11.8 Å². The molecule has 112 valence electrons. The van der Waals surface area contributed by atoms with Gasteiger partial charge in [0, 0.05) is 37.2 Å². The molecule has 0 atom stereocenters. The fourth-order valence-electron chi connectivity index (χ4n) is 2.38. The zero-order valence-electron chi connectivity index (χ0n) is 11.4. The number of rotatable bonds is 4. The number of hydrogen-bond acceptors (Lipinski definition) is 5. The van der Waals surface area contributed by atoms with Crippen molar-refractivity contribution in [2.45, 2.75) is 25.7 Å². The van der Waals surface area contributed by atoms with Crippen molar-refractivity contribution >= 4 is 23.2 Å². The van der Waals surface area contributed by atoms with E-state index >= 15 is 0 Å². The SMILES string of the molecule is NNC(=O)CCN1C(=O)CCCc2cc([N+](=O)[O-])ccc21. The quantitative estimate of drug-likeness (QED) is 0.365. The Bertz CT molecular complexity index is 588. The molecule has 0 aliphatic carbocycles. The zero-order valence-corrected chi connectivity index (χ0v) is 11.4. The second-order valence-electron chi connectivity index (χ2n) is 4.79. The van der Waals surface area contributed by atoms with Gasteiger partial charge in [-0.1, -0.05) is 0 Å². The van der Waals surface area contributed by atoms with Gasteiger partial charge >= 0.3 is 0 Å². The van der Waals surface area contributed by atoms with Crippen LogP contribution in [0.2, 0.25) is 0 Å². The number of fused-ring (bicyclic) bond motifs is 1. The van der Waals surface area contributed by atoms with E-state index in [0.717, 1.165) is 5.56 Å². The first-order valence-corrected chi connectivity index (χ1v) is 6.60. The molecule has 0 fully saturated rings. The minimum absolute atomic E-state index is 0.00255. The standard InChI is InChI=1S/C13H16N4O4/c14-15-12(18)6-7-16-11-5-4-10(17(20)21)8-9(11)2-1-3-13(16)19/h4-5,8H,1-3,6-7,14H2,(H,15,18). The van der Waals surface area contributed by atoms with Crippen LogP contribution in [-0.4, -0.2) is 23.3 Å². The van der Waals surface area contributed by atoms with Gasteiger partial charge < -0.3 is 4.90 Å². The number of benzene rings is 1. The van der Waals surface area contributed by atoms with Crippen molar-refractivity contribution in [2.75, 3.05) is 11.4 Å². The predicted octanol–water partition coefficient (Wildman–Crippen LogP) is 0.644. The Kier molecular flexibility index (Phi) is 4.49. The van der Waals surface area contributed by atoms with Gasteiger partial charge in [-0.05, 0) is 24.5 Å². The Morgan fingerprint density at radius 2 is 2.19 bits per heavy atom. The molecular formula is C13H16N4O4. The second-order valence-corrected chi connectivity index (χ2v) is 4.79. The molecule has 2 amide bonds. The normalized spacial score (nSPS) is 14.3. The molecular weight excluding hydrogens is 276 g/mol. The minimum Gasteiger partial charge on any atom is -0.312 e. The van der Waals surface area contributed by atoms with Crippen molar-refractivity contribution in [3.8, 4) is 0 Å². The third-order valence-electron chi connectivity index (χ3n) is 3.43. The van der Waals surface area contributed by atoms with Gasteiger partial charge in [0.05, 0.1) is 4.92 Å². The number of carbonyl (C=O) groups excluding carboxylic acids is 2. The van der Waals surface area contributed by atoms with Crippen LogP contribution >= 0.6 is 0 Å². The fraction of sp³-hybridized carbons (Fsp3) is 0.385. The van der Waals surface area contributed by atoms with E-state index in [1.165, 1.54) is 17.0 Å². The van der Waals surface area contributed by atoms with E-state index in [4.69, 9.17) is 5.84 Å². The summed E-state index contributed by atoms with van der Waals surface area (Å²) in [6.45, 7) is 0.201. The molecule has 1 aliphatic heterocycles. The van der Waals surface area contributed by atoms with Crippen molar-refractivity contribution in [3.05, 3.63) is 33.9 Å². The number of nitrogens with one attached hydrogen (secondary N) is 1. The van der Waals surface area contributed by atoms with Crippen LogP contribution in [0.1, 0.15) is 24.8 Å². The molecule has 21 heavy (non-hydrogen) atoms. The van der Waals surface area contributed by atoms with E-state index in [-0.39, 0.29) is 30.5 Å². The first kappa shape index (κ1) is 14.9. The molecule has 1 heterocycles. The summed E-state index contributed by atoms with van der Waals surface area (Å²) >= 11 is 0. The highest BCUT2D eigenvalue weighted by molar-refractivity contribution is 5.95. The molecule has 3 N–H and O–H groups in total. The highest BCUT2D eigenvalue weighted by Gasteiger charge is 2.24. The number of nitrogens with zero attached hydrogens (tertiary/aromatic N) is 2. The van der Waals surface area contributed by atoms with Crippen LogP contribution in [0.5, 0.6) is 0 Å². The summed E-state index contributed by atoms with van der Waals surface area (Å²) in [5.74, 6) is 4.57. The van der Waals surface area contributed by atoms with Crippen molar-refractivity contribution < 1.29 is 14.5 Å². The number of nitro groups is 1. The summed E-state index contributed by atoms with van der Waals surface area (Å²) in [7, 11) is 0. The highest BCUT2D eigenvalue weighted by Crippen LogP contribution is 2.30. The molecule has 0 radical (unpaired) electrons. The van der Waals surface area contributed by atoms with Crippen molar-refractivity contribution in [1.29, 1.82) is 0 Å². The maximum Gasteiger partial charge on any atom is 0.269 e. The van der Waals surface area contributed by atoms with Crippen LogP contribution in [0.3, 0.4) is 0 Å². The molecule has 1 aromatic carbocycles. The molecule has 2 rings (SSSR count). The Labute approximate surface area is 121 Å². The largest absolute Gasteiger partial charge is 0.312 e. The minimum atomic E-state index is -0.459. The molecule has 8 heteroatoms. The van der Waals surface area contributed by atoms with Crippen molar-refractivity contribution in [3.63, 3.8) is 0 Å².